The smallest absolute Gasteiger partial charge is 0.305 e. The monoisotopic (exact) mass is 596 g/mol. The van der Waals surface area contributed by atoms with Crippen LogP contribution in [0, 0.1) is 0 Å². The van der Waals surface area contributed by atoms with Gasteiger partial charge in [-0.25, -0.2) is 0 Å². The van der Waals surface area contributed by atoms with E-state index >= 15 is 0 Å². The molecule has 228 valence electrons. The van der Waals surface area contributed by atoms with Crippen LogP contribution in [-0.2, 0) is 17.8 Å². The molecule has 0 heterocycles. The Morgan fingerprint density at radius 2 is 1.32 bits per heavy atom. The zero-order valence-electron chi connectivity index (χ0n) is 25.0. The highest BCUT2D eigenvalue weighted by atomic mass is 16.5. The van der Waals surface area contributed by atoms with Gasteiger partial charge < -0.3 is 29.5 Å². The second kappa shape index (κ2) is 15.2. The Morgan fingerprint density at radius 3 is 2.00 bits per heavy atom. The fraction of sp³-hybridized carbons (Fsp3) is 0.229. The van der Waals surface area contributed by atoms with Crippen LogP contribution in [0.15, 0.2) is 91.0 Å². The van der Waals surface area contributed by atoms with Crippen LogP contribution in [0.3, 0.4) is 0 Å². The molecule has 0 aromatic heterocycles. The van der Waals surface area contributed by atoms with E-state index in [9.17, 15) is 19.5 Å². The van der Waals surface area contributed by atoms with Crippen molar-refractivity contribution < 1.29 is 33.7 Å². The number of benzene rings is 4. The predicted octanol–water partition coefficient (Wildman–Crippen LogP) is 5.47. The van der Waals surface area contributed by atoms with Crippen LogP contribution < -0.4 is 19.5 Å². The number of ether oxygens (including phenoxy) is 3. The van der Waals surface area contributed by atoms with Crippen molar-refractivity contribution in [1.82, 2.24) is 10.2 Å². The van der Waals surface area contributed by atoms with Crippen molar-refractivity contribution in [2.75, 3.05) is 34.4 Å². The third kappa shape index (κ3) is 7.74. The number of carboxylic acids is 1. The van der Waals surface area contributed by atoms with Crippen molar-refractivity contribution in [2.24, 2.45) is 0 Å². The normalized spacial score (nSPS) is 10.5. The lowest BCUT2D eigenvalue weighted by Gasteiger charge is -2.24. The molecule has 0 fully saturated rings. The van der Waals surface area contributed by atoms with Gasteiger partial charge in [0.05, 0.1) is 27.8 Å². The van der Waals surface area contributed by atoms with Crippen molar-refractivity contribution in [2.45, 2.75) is 19.4 Å². The standard InChI is InChI=1S/C35H36N2O7/c1-42-26-16-17-32(44-3)24(22-26)18-20-37(21-19-33(38)39)35(41)30-14-8-6-12-28(30)27-11-5-7-13-29(27)34(40)36-23-25-10-4-9-15-31(25)43-2/h4-17,22H,18-21,23H2,1-3H3,(H,36,40)(H,38,39). The first-order chi connectivity index (χ1) is 21.4. The molecular weight excluding hydrogens is 560 g/mol. The number of carbonyl (C=O) groups excluding carboxylic acids is 2. The van der Waals surface area contributed by atoms with E-state index in [0.29, 0.717) is 45.9 Å². The summed E-state index contributed by atoms with van der Waals surface area (Å²) in [5.41, 5.74) is 3.58. The fourth-order valence-electron chi connectivity index (χ4n) is 4.99. The minimum Gasteiger partial charge on any atom is -0.497 e. The van der Waals surface area contributed by atoms with Gasteiger partial charge in [0.25, 0.3) is 11.8 Å². The number of hydrogen-bond acceptors (Lipinski definition) is 6. The Morgan fingerprint density at radius 1 is 0.705 bits per heavy atom. The number of aliphatic carboxylic acids is 1. The summed E-state index contributed by atoms with van der Waals surface area (Å²) in [6.45, 7) is 0.509. The molecule has 0 aliphatic heterocycles. The van der Waals surface area contributed by atoms with Gasteiger partial charge in [-0.15, -0.1) is 0 Å². The maximum absolute atomic E-state index is 14.1. The first-order valence-corrected chi connectivity index (χ1v) is 14.2. The molecule has 0 unspecified atom stereocenters. The van der Waals surface area contributed by atoms with E-state index in [-0.39, 0.29) is 37.9 Å². The molecular formula is C35H36N2O7. The van der Waals surface area contributed by atoms with Crippen LogP contribution in [0.4, 0.5) is 0 Å². The molecule has 4 rings (SSSR count). The largest absolute Gasteiger partial charge is 0.497 e. The van der Waals surface area contributed by atoms with Crippen molar-refractivity contribution >= 4 is 17.8 Å². The van der Waals surface area contributed by atoms with Crippen molar-refractivity contribution in [3.8, 4) is 28.4 Å². The molecule has 9 nitrogen and oxygen atoms in total. The molecule has 0 spiro atoms. The molecule has 44 heavy (non-hydrogen) atoms. The minimum absolute atomic E-state index is 0.00975. The van der Waals surface area contributed by atoms with E-state index in [2.05, 4.69) is 5.32 Å². The number of methoxy groups -OCH3 is 3. The summed E-state index contributed by atoms with van der Waals surface area (Å²) in [6, 6.07) is 27.0. The van der Waals surface area contributed by atoms with Crippen molar-refractivity contribution in [3.63, 3.8) is 0 Å². The van der Waals surface area contributed by atoms with Crippen LogP contribution in [-0.4, -0.2) is 62.2 Å². The number of nitrogens with zero attached hydrogens (tertiary/aromatic N) is 1. The van der Waals surface area contributed by atoms with E-state index in [4.69, 9.17) is 14.2 Å². The highest BCUT2D eigenvalue weighted by Gasteiger charge is 2.23. The summed E-state index contributed by atoms with van der Waals surface area (Å²) in [7, 11) is 4.72. The quantitative estimate of drug-likeness (QED) is 0.198. The number of amides is 2. The second-order valence-electron chi connectivity index (χ2n) is 9.95. The Hall–Kier alpha value is -5.31. The van der Waals surface area contributed by atoms with Crippen molar-refractivity contribution in [3.05, 3.63) is 113 Å². The highest BCUT2D eigenvalue weighted by molar-refractivity contribution is 6.06. The number of carbonyl (C=O) groups is 3. The zero-order valence-corrected chi connectivity index (χ0v) is 25.0. The molecule has 2 amide bonds. The van der Waals surface area contributed by atoms with Gasteiger partial charge in [0.2, 0.25) is 0 Å². The Kier molecular flexibility index (Phi) is 11.0. The van der Waals surface area contributed by atoms with Gasteiger partial charge in [-0.05, 0) is 59.5 Å². The molecule has 9 heteroatoms. The summed E-state index contributed by atoms with van der Waals surface area (Å²) in [5.74, 6) is 0.312. The van der Waals surface area contributed by atoms with Gasteiger partial charge in [-0.3, -0.25) is 14.4 Å². The maximum Gasteiger partial charge on any atom is 0.305 e. The van der Waals surface area contributed by atoms with E-state index in [1.54, 1.807) is 75.9 Å². The molecule has 0 atom stereocenters. The van der Waals surface area contributed by atoms with Crippen molar-refractivity contribution in [1.29, 1.82) is 0 Å². The average Bonchev–Trinajstić information content (AvgIpc) is 3.06. The molecule has 0 saturated carbocycles. The topological polar surface area (TPSA) is 114 Å². The summed E-state index contributed by atoms with van der Waals surface area (Å²) in [5, 5.41) is 12.4. The Bertz CT molecular complexity index is 1620. The Labute approximate surface area is 257 Å². The van der Waals surface area contributed by atoms with E-state index in [1.807, 2.05) is 36.4 Å². The van der Waals surface area contributed by atoms with E-state index in [1.165, 1.54) is 4.90 Å². The number of hydrogen-bond donors (Lipinski definition) is 2. The molecule has 0 aliphatic rings. The summed E-state index contributed by atoms with van der Waals surface area (Å²) in [6.07, 6.45) is 0.195. The highest BCUT2D eigenvalue weighted by Crippen LogP contribution is 2.30. The van der Waals surface area contributed by atoms with Crippen LogP contribution >= 0.6 is 0 Å². The third-order valence-electron chi connectivity index (χ3n) is 7.27. The van der Waals surface area contributed by atoms with Crippen LogP contribution in [0.5, 0.6) is 17.2 Å². The van der Waals surface area contributed by atoms with E-state index < -0.39 is 5.97 Å². The molecule has 2 N–H and O–H groups in total. The summed E-state index contributed by atoms with van der Waals surface area (Å²) >= 11 is 0. The molecule has 4 aromatic rings. The van der Waals surface area contributed by atoms with Gasteiger partial charge in [0, 0.05) is 36.3 Å². The number of para-hydroxylation sites is 1. The lowest BCUT2D eigenvalue weighted by Crippen LogP contribution is -2.35. The van der Waals surface area contributed by atoms with Crippen LogP contribution in [0.1, 0.15) is 38.3 Å². The van der Waals surface area contributed by atoms with Gasteiger partial charge >= 0.3 is 5.97 Å². The second-order valence-corrected chi connectivity index (χ2v) is 9.95. The van der Waals surface area contributed by atoms with Gasteiger partial charge in [0.15, 0.2) is 0 Å². The predicted molar refractivity (Wildman–Crippen MR) is 167 cm³/mol. The molecule has 0 radical (unpaired) electrons. The number of carboxylic acid groups (broad SMARTS) is 1. The fourth-order valence-corrected chi connectivity index (χ4v) is 4.99. The average molecular weight is 597 g/mol. The molecule has 0 saturated heterocycles. The zero-order chi connectivity index (χ0) is 31.5. The van der Waals surface area contributed by atoms with Crippen LogP contribution in [0.25, 0.3) is 11.1 Å². The first-order valence-electron chi connectivity index (χ1n) is 14.2. The summed E-state index contributed by atoms with van der Waals surface area (Å²) in [4.78, 5) is 40.5. The third-order valence-corrected chi connectivity index (χ3v) is 7.27. The lowest BCUT2D eigenvalue weighted by molar-refractivity contribution is -0.137. The molecule has 0 bridgehead atoms. The Balaban J connectivity index is 1.63. The van der Waals surface area contributed by atoms with Gasteiger partial charge in [0.1, 0.15) is 17.2 Å². The lowest BCUT2D eigenvalue weighted by atomic mass is 9.94. The van der Waals surface area contributed by atoms with Gasteiger partial charge in [-0.1, -0.05) is 54.6 Å². The maximum atomic E-state index is 14.1. The number of nitrogens with one attached hydrogen (secondary N) is 1. The van der Waals surface area contributed by atoms with Crippen LogP contribution in [0.2, 0.25) is 0 Å². The SMILES string of the molecule is COc1ccc(OC)c(CCN(CCC(=O)O)C(=O)c2ccccc2-c2ccccc2C(=O)NCc2ccccc2OC)c1. The first kappa shape index (κ1) is 31.6. The molecule has 4 aromatic carbocycles. The summed E-state index contributed by atoms with van der Waals surface area (Å²) < 4.78 is 16.3. The van der Waals surface area contributed by atoms with Gasteiger partial charge in [-0.2, -0.15) is 0 Å². The molecule has 0 aliphatic carbocycles. The van der Waals surface area contributed by atoms with E-state index in [0.717, 1.165) is 11.1 Å². The number of rotatable bonds is 14. The minimum atomic E-state index is -1.01.